The minimum absolute atomic E-state index is 0.113. The van der Waals surface area contributed by atoms with Crippen LogP contribution in [0.3, 0.4) is 0 Å². The molecule has 1 fully saturated rings. The average molecular weight is 178 g/mol. The van der Waals surface area contributed by atoms with Crippen molar-refractivity contribution in [3.8, 4) is 0 Å². The Morgan fingerprint density at radius 3 is 1.92 bits per heavy atom. The Morgan fingerprint density at radius 1 is 1.00 bits per heavy atom. The van der Waals surface area contributed by atoms with Crippen molar-refractivity contribution in [3.05, 3.63) is 24.3 Å². The van der Waals surface area contributed by atoms with Crippen LogP contribution in [0.5, 0.6) is 0 Å². The first kappa shape index (κ1) is 7.77. The normalized spacial score (nSPS) is 61.9. The molecule has 0 aromatic rings. The van der Waals surface area contributed by atoms with E-state index >= 15 is 0 Å². The Kier molecular flexibility index (Phi) is 1.24. The van der Waals surface area contributed by atoms with E-state index in [2.05, 4.69) is 24.3 Å². The van der Waals surface area contributed by atoms with Crippen molar-refractivity contribution in [2.75, 3.05) is 0 Å². The highest BCUT2D eigenvalue weighted by Gasteiger charge is 2.57. The predicted octanol–water partition coefficient (Wildman–Crippen LogP) is 0.716. The number of aliphatic hydroxyl groups is 2. The summed E-state index contributed by atoms with van der Waals surface area (Å²) >= 11 is 0. The summed E-state index contributed by atoms with van der Waals surface area (Å²) in [5.74, 6) is 0.495. The highest BCUT2D eigenvalue weighted by atomic mass is 16.3. The molecular formula is C11H14O2. The molecule has 0 aliphatic heterocycles. The molecule has 0 radical (unpaired) electrons. The molecule has 0 spiro atoms. The quantitative estimate of drug-likeness (QED) is 0.536. The highest BCUT2D eigenvalue weighted by Crippen LogP contribution is 2.54. The van der Waals surface area contributed by atoms with Gasteiger partial charge >= 0.3 is 0 Å². The monoisotopic (exact) mass is 178 g/mol. The zero-order valence-corrected chi connectivity index (χ0v) is 7.59. The lowest BCUT2D eigenvalue weighted by Crippen LogP contribution is -2.51. The molecule has 0 amide bonds. The van der Waals surface area contributed by atoms with E-state index in [9.17, 15) is 10.2 Å². The van der Waals surface area contributed by atoms with Gasteiger partial charge in [-0.3, -0.25) is 0 Å². The van der Waals surface area contributed by atoms with Gasteiger partial charge in [0.2, 0.25) is 0 Å². The Morgan fingerprint density at radius 2 is 1.46 bits per heavy atom. The van der Waals surface area contributed by atoms with Crippen molar-refractivity contribution in [3.63, 3.8) is 0 Å². The third kappa shape index (κ3) is 0.720. The molecule has 0 saturated heterocycles. The van der Waals surface area contributed by atoms with E-state index < -0.39 is 5.60 Å². The Hall–Kier alpha value is -0.600. The number of rotatable bonds is 0. The molecule has 2 nitrogen and oxygen atoms in total. The molecule has 13 heavy (non-hydrogen) atoms. The fourth-order valence-electron chi connectivity index (χ4n) is 3.29. The molecule has 4 bridgehead atoms. The molecule has 3 rings (SSSR count). The highest BCUT2D eigenvalue weighted by molar-refractivity contribution is 5.30. The first-order chi connectivity index (χ1) is 6.12. The zero-order chi connectivity index (χ0) is 9.22. The van der Waals surface area contributed by atoms with Gasteiger partial charge in [-0.25, -0.2) is 0 Å². The Bertz CT molecular complexity index is 277. The van der Waals surface area contributed by atoms with Gasteiger partial charge in [-0.2, -0.15) is 0 Å². The second-order valence-electron chi connectivity index (χ2n) is 4.69. The van der Waals surface area contributed by atoms with Gasteiger partial charge in [0.1, 0.15) is 0 Å². The van der Waals surface area contributed by atoms with Crippen LogP contribution in [0.25, 0.3) is 0 Å². The third-order valence-corrected chi connectivity index (χ3v) is 4.05. The van der Waals surface area contributed by atoms with Crippen LogP contribution in [-0.4, -0.2) is 21.9 Å². The fraction of sp³-hybridized carbons (Fsp3) is 0.636. The maximum Gasteiger partial charge on any atom is 0.0757 e. The van der Waals surface area contributed by atoms with Gasteiger partial charge in [0.05, 0.1) is 11.7 Å². The molecule has 0 heterocycles. The largest absolute Gasteiger partial charge is 0.392 e. The van der Waals surface area contributed by atoms with Crippen LogP contribution >= 0.6 is 0 Å². The number of aliphatic hydroxyl groups excluding tert-OH is 1. The fourth-order valence-corrected chi connectivity index (χ4v) is 3.29. The molecule has 2 heteroatoms. The Balaban J connectivity index is 2.11. The molecule has 3 aliphatic carbocycles. The van der Waals surface area contributed by atoms with Crippen LogP contribution in [-0.2, 0) is 0 Å². The third-order valence-electron chi connectivity index (χ3n) is 4.05. The van der Waals surface area contributed by atoms with Crippen molar-refractivity contribution in [2.45, 2.75) is 18.6 Å². The first-order valence-corrected chi connectivity index (χ1v) is 4.89. The van der Waals surface area contributed by atoms with Gasteiger partial charge < -0.3 is 10.2 Å². The molecule has 4 unspecified atom stereocenters. The molecule has 1 saturated carbocycles. The summed E-state index contributed by atoms with van der Waals surface area (Å²) in [6.45, 7) is 1.89. The topological polar surface area (TPSA) is 40.5 Å². The summed E-state index contributed by atoms with van der Waals surface area (Å²) in [4.78, 5) is 0. The minimum Gasteiger partial charge on any atom is -0.392 e. The summed E-state index contributed by atoms with van der Waals surface area (Å²) < 4.78 is 0. The number of fused-ring (bicyclic) bond motifs is 6. The van der Waals surface area contributed by atoms with Crippen LogP contribution in [0.1, 0.15) is 6.92 Å². The summed E-state index contributed by atoms with van der Waals surface area (Å²) in [5.41, 5.74) is -0.641. The van der Waals surface area contributed by atoms with Gasteiger partial charge in [-0.1, -0.05) is 24.3 Å². The summed E-state index contributed by atoms with van der Waals surface area (Å²) in [7, 11) is 0. The van der Waals surface area contributed by atoms with E-state index in [1.165, 1.54) is 0 Å². The lowest BCUT2D eigenvalue weighted by Gasteiger charge is -2.44. The summed E-state index contributed by atoms with van der Waals surface area (Å²) in [6.07, 6.45) is 8.00. The van der Waals surface area contributed by atoms with Gasteiger partial charge in [-0.05, 0) is 6.92 Å². The van der Waals surface area contributed by atoms with E-state index in [0.29, 0.717) is 0 Å². The first-order valence-electron chi connectivity index (χ1n) is 4.89. The zero-order valence-electron chi connectivity index (χ0n) is 7.59. The lowest BCUT2D eigenvalue weighted by molar-refractivity contribution is -0.104. The van der Waals surface area contributed by atoms with E-state index in [1.54, 1.807) is 0 Å². The van der Waals surface area contributed by atoms with E-state index in [1.807, 2.05) is 6.92 Å². The number of hydrogen-bond donors (Lipinski definition) is 2. The maximum absolute atomic E-state index is 10.3. The maximum atomic E-state index is 10.3. The smallest absolute Gasteiger partial charge is 0.0757 e. The van der Waals surface area contributed by atoms with Crippen LogP contribution in [0.15, 0.2) is 24.3 Å². The predicted molar refractivity (Wildman–Crippen MR) is 48.9 cm³/mol. The molecule has 2 N–H and O–H groups in total. The van der Waals surface area contributed by atoms with Gasteiger partial charge in [0.25, 0.3) is 0 Å². The SMILES string of the molecule is CC1(O)C2C=CC1C1C=CC2C1O. The molecule has 70 valence electrons. The molecule has 4 atom stereocenters. The van der Waals surface area contributed by atoms with Gasteiger partial charge in [0.15, 0.2) is 0 Å². The molecular weight excluding hydrogens is 164 g/mol. The summed E-state index contributed by atoms with van der Waals surface area (Å²) in [6, 6.07) is 0. The molecule has 3 aliphatic rings. The van der Waals surface area contributed by atoms with Crippen molar-refractivity contribution < 1.29 is 10.2 Å². The van der Waals surface area contributed by atoms with Gasteiger partial charge in [-0.15, -0.1) is 0 Å². The van der Waals surface area contributed by atoms with Crippen molar-refractivity contribution >= 4 is 0 Å². The van der Waals surface area contributed by atoms with Crippen molar-refractivity contribution in [1.82, 2.24) is 0 Å². The average Bonchev–Trinajstić information content (AvgIpc) is 2.36. The lowest BCUT2D eigenvalue weighted by atomic mass is 9.66. The van der Waals surface area contributed by atoms with Crippen LogP contribution in [0.4, 0.5) is 0 Å². The molecule has 0 aromatic carbocycles. The van der Waals surface area contributed by atoms with Crippen LogP contribution < -0.4 is 0 Å². The molecule has 0 aromatic heterocycles. The second kappa shape index (κ2) is 2.07. The van der Waals surface area contributed by atoms with E-state index in [0.717, 1.165) is 0 Å². The standard InChI is InChI=1S/C11H14O2/c1-11(13)8-4-5-9(11)7-3-2-6(8)10(7)12/h2-10,12-13H,1H3. The Labute approximate surface area is 77.6 Å². The second-order valence-corrected chi connectivity index (χ2v) is 4.69. The van der Waals surface area contributed by atoms with Crippen molar-refractivity contribution in [1.29, 1.82) is 0 Å². The number of hydrogen-bond acceptors (Lipinski definition) is 2. The minimum atomic E-state index is -0.641. The van der Waals surface area contributed by atoms with E-state index in [4.69, 9.17) is 0 Å². The van der Waals surface area contributed by atoms with Crippen molar-refractivity contribution in [2.24, 2.45) is 23.7 Å². The van der Waals surface area contributed by atoms with Crippen LogP contribution in [0.2, 0.25) is 0 Å². The summed E-state index contributed by atoms with van der Waals surface area (Å²) in [5, 5.41) is 20.2. The van der Waals surface area contributed by atoms with E-state index in [-0.39, 0.29) is 29.8 Å². The van der Waals surface area contributed by atoms with Gasteiger partial charge in [0, 0.05) is 23.7 Å². The van der Waals surface area contributed by atoms with Crippen LogP contribution in [0, 0.1) is 23.7 Å².